The fourth-order valence-electron chi connectivity index (χ4n) is 0.775. The highest BCUT2D eigenvalue weighted by molar-refractivity contribution is 5.65. The van der Waals surface area contributed by atoms with Gasteiger partial charge in [0.25, 0.3) is 0 Å². The average Bonchev–Trinajstić information content (AvgIpc) is 1.88. The molecule has 0 aromatic carbocycles. The zero-order chi connectivity index (χ0) is 7.98. The molecule has 0 heterocycles. The van der Waals surface area contributed by atoms with Crippen LogP contribution in [0.1, 0.15) is 20.3 Å². The van der Waals surface area contributed by atoms with Crippen molar-refractivity contribution >= 4 is 6.29 Å². The molecule has 0 saturated carbocycles. The lowest BCUT2D eigenvalue weighted by Crippen LogP contribution is -1.89. The molecule has 0 radical (unpaired) electrons. The molecule has 0 aliphatic rings. The van der Waals surface area contributed by atoms with Crippen LogP contribution < -0.4 is 0 Å². The third-order valence-electron chi connectivity index (χ3n) is 1.40. The van der Waals surface area contributed by atoms with E-state index >= 15 is 0 Å². The Kier molecular flexibility index (Phi) is 4.55. The molecule has 0 aromatic rings. The van der Waals surface area contributed by atoms with Crippen LogP contribution in [0.15, 0.2) is 24.3 Å². The van der Waals surface area contributed by atoms with E-state index in [4.69, 9.17) is 0 Å². The quantitative estimate of drug-likeness (QED) is 0.331. The van der Waals surface area contributed by atoms with Gasteiger partial charge in [0.2, 0.25) is 0 Å². The highest BCUT2D eigenvalue weighted by Crippen LogP contribution is 2.09. The van der Waals surface area contributed by atoms with E-state index in [1.54, 1.807) is 6.08 Å². The number of rotatable bonds is 4. The number of hydrogen-bond donors (Lipinski definition) is 0. The molecule has 0 rings (SSSR count). The predicted octanol–water partition coefficient (Wildman–Crippen LogP) is 2.34. The third-order valence-corrected chi connectivity index (χ3v) is 1.40. The maximum absolute atomic E-state index is 9.98. The zero-order valence-corrected chi connectivity index (χ0v) is 6.63. The fourth-order valence-corrected chi connectivity index (χ4v) is 0.775. The lowest BCUT2D eigenvalue weighted by Gasteiger charge is -2.03. The monoisotopic (exact) mass is 138 g/mol. The van der Waals surface area contributed by atoms with Crippen molar-refractivity contribution in [3.8, 4) is 0 Å². The Morgan fingerprint density at radius 1 is 1.70 bits per heavy atom. The molecule has 0 amide bonds. The molecular formula is C9H14O. The summed E-state index contributed by atoms with van der Waals surface area (Å²) in [7, 11) is 0. The second-order valence-electron chi connectivity index (χ2n) is 2.57. The van der Waals surface area contributed by atoms with Gasteiger partial charge in [-0.2, -0.15) is 0 Å². The number of hydrogen-bond acceptors (Lipinski definition) is 1. The maximum Gasteiger partial charge on any atom is 0.142 e. The summed E-state index contributed by atoms with van der Waals surface area (Å²) in [5, 5.41) is 0. The number of carbonyl (C=O) groups is 1. The molecule has 1 unspecified atom stereocenters. The first-order valence-corrected chi connectivity index (χ1v) is 3.44. The maximum atomic E-state index is 9.98. The molecule has 0 bridgehead atoms. The summed E-state index contributed by atoms with van der Waals surface area (Å²) in [5.74, 6) is 0.469. The van der Waals surface area contributed by atoms with Crippen molar-refractivity contribution in [3.63, 3.8) is 0 Å². The Morgan fingerprint density at radius 3 is 2.70 bits per heavy atom. The second kappa shape index (κ2) is 4.98. The van der Waals surface area contributed by atoms with Gasteiger partial charge in [-0.05, 0) is 25.3 Å². The average molecular weight is 138 g/mol. The van der Waals surface area contributed by atoms with Gasteiger partial charge in [-0.3, -0.25) is 4.79 Å². The Labute approximate surface area is 62.4 Å². The number of allylic oxidation sites excluding steroid dienone is 3. The van der Waals surface area contributed by atoms with Crippen LogP contribution in [0, 0.1) is 5.92 Å². The molecule has 0 aliphatic heterocycles. The van der Waals surface area contributed by atoms with Gasteiger partial charge in [-0.25, -0.2) is 0 Å². The van der Waals surface area contributed by atoms with Gasteiger partial charge in [-0.15, -0.1) is 6.58 Å². The lowest BCUT2D eigenvalue weighted by molar-refractivity contribution is -0.104. The summed E-state index contributed by atoms with van der Waals surface area (Å²) in [6.45, 7) is 7.69. The van der Waals surface area contributed by atoms with E-state index in [1.165, 1.54) is 0 Å². The molecule has 10 heavy (non-hydrogen) atoms. The highest BCUT2D eigenvalue weighted by atomic mass is 16.1. The smallest absolute Gasteiger partial charge is 0.142 e. The van der Waals surface area contributed by atoms with E-state index in [1.807, 2.05) is 13.0 Å². The van der Waals surface area contributed by atoms with Crippen LogP contribution in [0.2, 0.25) is 0 Å². The summed E-state index contributed by atoms with van der Waals surface area (Å²) in [5.41, 5.74) is 1.11. The van der Waals surface area contributed by atoms with Gasteiger partial charge >= 0.3 is 0 Å². The van der Waals surface area contributed by atoms with Crippen molar-refractivity contribution in [1.29, 1.82) is 0 Å². The first kappa shape index (κ1) is 9.15. The summed E-state index contributed by atoms with van der Waals surface area (Å²) in [6, 6.07) is 0. The van der Waals surface area contributed by atoms with E-state index in [2.05, 4.69) is 13.5 Å². The summed E-state index contributed by atoms with van der Waals surface area (Å²) in [6.07, 6.45) is 5.25. The molecule has 1 atom stereocenters. The summed E-state index contributed by atoms with van der Waals surface area (Å²) < 4.78 is 0. The first-order valence-electron chi connectivity index (χ1n) is 3.44. The van der Waals surface area contributed by atoms with Crippen LogP contribution in [-0.2, 0) is 4.79 Å². The number of carbonyl (C=O) groups excluding carboxylic acids is 1. The van der Waals surface area contributed by atoms with Gasteiger partial charge in [0.1, 0.15) is 6.29 Å². The minimum atomic E-state index is 0.469. The van der Waals surface area contributed by atoms with Gasteiger partial charge in [0.05, 0.1) is 0 Å². The van der Waals surface area contributed by atoms with E-state index in [0.717, 1.165) is 18.3 Å². The molecular weight excluding hydrogens is 124 g/mol. The third kappa shape index (κ3) is 4.07. The zero-order valence-electron chi connectivity index (χ0n) is 6.63. The van der Waals surface area contributed by atoms with Crippen LogP contribution in [0.3, 0.4) is 0 Å². The van der Waals surface area contributed by atoms with Crippen molar-refractivity contribution in [3.05, 3.63) is 24.3 Å². The van der Waals surface area contributed by atoms with Crippen molar-refractivity contribution in [2.45, 2.75) is 20.3 Å². The molecule has 0 saturated heterocycles. The van der Waals surface area contributed by atoms with Crippen molar-refractivity contribution in [1.82, 2.24) is 0 Å². The molecule has 56 valence electrons. The van der Waals surface area contributed by atoms with Crippen LogP contribution in [0.25, 0.3) is 0 Å². The SMILES string of the molecule is C=CC(C)CC(C)=CC=O. The highest BCUT2D eigenvalue weighted by Gasteiger charge is 1.95. The normalized spacial score (nSPS) is 14.4. The van der Waals surface area contributed by atoms with E-state index in [0.29, 0.717) is 5.92 Å². The Hall–Kier alpha value is -0.850. The van der Waals surface area contributed by atoms with Crippen molar-refractivity contribution < 1.29 is 4.79 Å². The largest absolute Gasteiger partial charge is 0.299 e. The van der Waals surface area contributed by atoms with Gasteiger partial charge < -0.3 is 0 Å². The standard InChI is InChI=1S/C9H14O/c1-4-8(2)7-9(3)5-6-10/h4-6,8H,1,7H2,2-3H3. The van der Waals surface area contributed by atoms with Crippen molar-refractivity contribution in [2.75, 3.05) is 0 Å². The minimum absolute atomic E-state index is 0.469. The molecule has 0 fully saturated rings. The van der Waals surface area contributed by atoms with Crippen LogP contribution >= 0.6 is 0 Å². The Morgan fingerprint density at radius 2 is 2.30 bits per heavy atom. The molecule has 1 nitrogen and oxygen atoms in total. The molecule has 0 aliphatic carbocycles. The van der Waals surface area contributed by atoms with Crippen molar-refractivity contribution in [2.24, 2.45) is 5.92 Å². The minimum Gasteiger partial charge on any atom is -0.299 e. The second-order valence-corrected chi connectivity index (χ2v) is 2.57. The molecule has 0 spiro atoms. The predicted molar refractivity (Wildman–Crippen MR) is 43.8 cm³/mol. The van der Waals surface area contributed by atoms with Crippen LogP contribution in [0.5, 0.6) is 0 Å². The van der Waals surface area contributed by atoms with E-state index in [-0.39, 0.29) is 0 Å². The van der Waals surface area contributed by atoms with E-state index in [9.17, 15) is 4.79 Å². The Balaban J connectivity index is 3.77. The topological polar surface area (TPSA) is 17.1 Å². The van der Waals surface area contributed by atoms with E-state index < -0.39 is 0 Å². The van der Waals surface area contributed by atoms with Gasteiger partial charge in [0.15, 0.2) is 0 Å². The Bertz CT molecular complexity index is 145. The fraction of sp³-hybridized carbons (Fsp3) is 0.444. The molecule has 0 N–H and O–H groups in total. The van der Waals surface area contributed by atoms with Crippen LogP contribution in [-0.4, -0.2) is 6.29 Å². The van der Waals surface area contributed by atoms with Gasteiger partial charge in [-0.1, -0.05) is 18.6 Å². The molecule has 0 aromatic heterocycles. The lowest BCUT2D eigenvalue weighted by atomic mass is 10.0. The van der Waals surface area contributed by atoms with Crippen LogP contribution in [0.4, 0.5) is 0 Å². The summed E-state index contributed by atoms with van der Waals surface area (Å²) >= 11 is 0. The first-order chi connectivity index (χ1) is 4.70. The number of aldehydes is 1. The molecule has 1 heteroatoms. The summed E-state index contributed by atoms with van der Waals surface area (Å²) in [4.78, 5) is 9.98. The van der Waals surface area contributed by atoms with Gasteiger partial charge in [0, 0.05) is 0 Å².